The quantitative estimate of drug-likeness (QED) is 0.332. The van der Waals surface area contributed by atoms with E-state index in [9.17, 15) is 18.7 Å². The lowest BCUT2D eigenvalue weighted by atomic mass is 9.67. The average Bonchev–Trinajstić information content (AvgIpc) is 2.92. The van der Waals surface area contributed by atoms with Crippen molar-refractivity contribution in [3.05, 3.63) is 23.8 Å². The monoisotopic (exact) mass is 520 g/mol. The van der Waals surface area contributed by atoms with Crippen LogP contribution < -0.4 is 4.74 Å². The van der Waals surface area contributed by atoms with Gasteiger partial charge >= 0.3 is 6.11 Å². The molecule has 0 amide bonds. The van der Waals surface area contributed by atoms with Gasteiger partial charge in [-0.05, 0) is 106 Å². The van der Waals surface area contributed by atoms with Gasteiger partial charge in [0.05, 0.1) is 24.2 Å². The molecular weight excluding hydrogens is 474 g/mol. The maximum Gasteiger partial charge on any atom is 0.400 e. The number of phenols is 1. The Labute approximate surface area is 221 Å². The number of aromatic hydroxyl groups is 1. The van der Waals surface area contributed by atoms with Crippen molar-refractivity contribution in [2.45, 2.75) is 110 Å². The molecule has 37 heavy (non-hydrogen) atoms. The van der Waals surface area contributed by atoms with Crippen molar-refractivity contribution >= 4 is 5.78 Å². The van der Waals surface area contributed by atoms with E-state index >= 15 is 0 Å². The number of Topliss-reactive ketones (excluding diaryl/α,β-unsaturated/α-hetero) is 1. The predicted molar refractivity (Wildman–Crippen MR) is 141 cm³/mol. The number of halogens is 2. The number of ether oxygens (including phenoxy) is 2. The summed E-state index contributed by atoms with van der Waals surface area (Å²) in [5.74, 6) is 1.82. The minimum atomic E-state index is -3.29. The molecule has 2 saturated carbocycles. The molecule has 6 heteroatoms. The zero-order chi connectivity index (χ0) is 26.6. The van der Waals surface area contributed by atoms with Gasteiger partial charge in [-0.15, -0.1) is 0 Å². The Morgan fingerprint density at radius 3 is 2.16 bits per heavy atom. The number of phenolic OH excluding ortho intramolecular Hbond substituents is 1. The van der Waals surface area contributed by atoms with Crippen LogP contribution in [0.2, 0.25) is 0 Å². The number of ketones is 1. The van der Waals surface area contributed by atoms with Gasteiger partial charge in [0.1, 0.15) is 11.5 Å². The molecule has 1 N–H and O–H groups in total. The molecule has 3 atom stereocenters. The molecule has 3 aliphatic rings. The van der Waals surface area contributed by atoms with E-state index in [1.54, 1.807) is 6.92 Å². The first-order chi connectivity index (χ1) is 17.7. The molecule has 1 saturated heterocycles. The summed E-state index contributed by atoms with van der Waals surface area (Å²) in [7, 11) is 0. The maximum atomic E-state index is 15.0. The van der Waals surface area contributed by atoms with Crippen LogP contribution in [0.5, 0.6) is 11.5 Å². The van der Waals surface area contributed by atoms with Crippen molar-refractivity contribution in [2.24, 2.45) is 35.5 Å². The van der Waals surface area contributed by atoms with Crippen molar-refractivity contribution in [3.63, 3.8) is 0 Å². The molecule has 1 aromatic carbocycles. The van der Waals surface area contributed by atoms with E-state index in [0.717, 1.165) is 31.4 Å². The van der Waals surface area contributed by atoms with Crippen LogP contribution in [0.4, 0.5) is 8.78 Å². The molecule has 1 aliphatic heterocycles. The molecule has 0 bridgehead atoms. The van der Waals surface area contributed by atoms with Gasteiger partial charge in [0.2, 0.25) is 0 Å². The number of hydrogen-bond acceptors (Lipinski definition) is 4. The number of rotatable bonds is 9. The highest BCUT2D eigenvalue weighted by molar-refractivity contribution is 5.98. The zero-order valence-electron chi connectivity index (χ0n) is 22.9. The summed E-state index contributed by atoms with van der Waals surface area (Å²) in [6.07, 6.45) is 8.45. The molecule has 2 aliphatic carbocycles. The summed E-state index contributed by atoms with van der Waals surface area (Å²) < 4.78 is 41.4. The van der Waals surface area contributed by atoms with Crippen LogP contribution in [-0.4, -0.2) is 29.7 Å². The molecule has 0 aromatic heterocycles. The van der Waals surface area contributed by atoms with Gasteiger partial charge in [-0.2, -0.15) is 8.78 Å². The molecule has 208 valence electrons. The average molecular weight is 521 g/mol. The van der Waals surface area contributed by atoms with Crippen LogP contribution in [0.25, 0.3) is 0 Å². The van der Waals surface area contributed by atoms with Crippen LogP contribution in [0.1, 0.15) is 108 Å². The van der Waals surface area contributed by atoms with E-state index in [1.807, 2.05) is 0 Å². The second kappa shape index (κ2) is 12.4. The Balaban J connectivity index is 1.21. The Bertz CT molecular complexity index is 879. The number of hydrogen-bond donors (Lipinski definition) is 1. The Kier molecular flexibility index (Phi) is 9.53. The fourth-order valence-electron chi connectivity index (χ4n) is 7.10. The summed E-state index contributed by atoms with van der Waals surface area (Å²) in [5.41, 5.74) is 0.138. The molecule has 4 rings (SSSR count). The van der Waals surface area contributed by atoms with Gasteiger partial charge in [0.25, 0.3) is 0 Å². The molecule has 1 heterocycles. The van der Waals surface area contributed by atoms with Crippen molar-refractivity contribution in [1.82, 2.24) is 0 Å². The molecule has 3 unspecified atom stereocenters. The van der Waals surface area contributed by atoms with Gasteiger partial charge in [0, 0.05) is 12.5 Å². The molecule has 0 radical (unpaired) electrons. The fourth-order valence-corrected chi connectivity index (χ4v) is 7.10. The summed E-state index contributed by atoms with van der Waals surface area (Å²) in [5, 5.41) is 10.1. The lowest BCUT2D eigenvalue weighted by molar-refractivity contribution is -0.224. The summed E-state index contributed by atoms with van der Waals surface area (Å²) >= 11 is 0. The van der Waals surface area contributed by atoms with E-state index in [-0.39, 0.29) is 29.3 Å². The van der Waals surface area contributed by atoms with Crippen LogP contribution in [0.3, 0.4) is 0 Å². The third kappa shape index (κ3) is 6.85. The Morgan fingerprint density at radius 1 is 1.00 bits per heavy atom. The molecular formula is C31H46F2O4. The largest absolute Gasteiger partial charge is 0.507 e. The zero-order valence-corrected chi connectivity index (χ0v) is 22.9. The van der Waals surface area contributed by atoms with Crippen LogP contribution in [0, 0.1) is 35.5 Å². The van der Waals surface area contributed by atoms with E-state index in [4.69, 9.17) is 9.47 Å². The van der Waals surface area contributed by atoms with Crippen molar-refractivity contribution in [3.8, 4) is 11.5 Å². The number of carbonyl (C=O) groups is 1. The van der Waals surface area contributed by atoms with Crippen molar-refractivity contribution in [2.75, 3.05) is 6.61 Å². The first kappa shape index (κ1) is 28.3. The number of benzene rings is 1. The Hall–Kier alpha value is -1.69. The predicted octanol–water partition coefficient (Wildman–Crippen LogP) is 8.41. The SMILES string of the molecule is CCC(=O)c1ccc(OC(F)(F)C2CCC(C3CCC(C4CCC(C(C)CC)CO4)CC3)CC2)cc1O. The van der Waals surface area contributed by atoms with E-state index < -0.39 is 12.0 Å². The minimum absolute atomic E-state index is 0.101. The third-order valence-corrected chi connectivity index (χ3v) is 9.90. The van der Waals surface area contributed by atoms with Gasteiger partial charge in [-0.25, -0.2) is 0 Å². The first-order valence-corrected chi connectivity index (χ1v) is 14.8. The van der Waals surface area contributed by atoms with Crippen molar-refractivity contribution in [1.29, 1.82) is 0 Å². The second-order valence-electron chi connectivity index (χ2n) is 12.0. The number of alkyl halides is 2. The van der Waals surface area contributed by atoms with Crippen LogP contribution in [0.15, 0.2) is 18.2 Å². The maximum absolute atomic E-state index is 15.0. The topological polar surface area (TPSA) is 55.8 Å². The lowest BCUT2D eigenvalue weighted by Crippen LogP contribution is -2.39. The van der Waals surface area contributed by atoms with E-state index in [2.05, 4.69) is 13.8 Å². The highest BCUT2D eigenvalue weighted by atomic mass is 19.3. The number of carbonyl (C=O) groups excluding carboxylic acids is 1. The summed E-state index contributed by atoms with van der Waals surface area (Å²) in [6.45, 7) is 7.22. The second-order valence-corrected chi connectivity index (χ2v) is 12.0. The van der Waals surface area contributed by atoms with Crippen LogP contribution in [-0.2, 0) is 4.74 Å². The normalized spacial score (nSPS) is 32.0. The Morgan fingerprint density at radius 2 is 1.62 bits per heavy atom. The summed E-state index contributed by atoms with van der Waals surface area (Å²) in [4.78, 5) is 11.8. The molecule has 0 spiro atoms. The minimum Gasteiger partial charge on any atom is -0.507 e. The summed E-state index contributed by atoms with van der Waals surface area (Å²) in [6, 6.07) is 3.84. The smallest absolute Gasteiger partial charge is 0.400 e. The fraction of sp³-hybridized carbons (Fsp3) is 0.774. The lowest BCUT2D eigenvalue weighted by Gasteiger charge is -2.42. The van der Waals surface area contributed by atoms with Gasteiger partial charge in [0.15, 0.2) is 5.78 Å². The van der Waals surface area contributed by atoms with Gasteiger partial charge < -0.3 is 14.6 Å². The molecule has 1 aromatic rings. The van der Waals surface area contributed by atoms with E-state index in [0.29, 0.717) is 42.6 Å². The molecule has 3 fully saturated rings. The molecule has 4 nitrogen and oxygen atoms in total. The van der Waals surface area contributed by atoms with Crippen molar-refractivity contribution < 1.29 is 28.2 Å². The van der Waals surface area contributed by atoms with Crippen LogP contribution >= 0.6 is 0 Å². The van der Waals surface area contributed by atoms with Gasteiger partial charge in [-0.3, -0.25) is 4.79 Å². The van der Waals surface area contributed by atoms with E-state index in [1.165, 1.54) is 57.1 Å². The highest BCUT2D eigenvalue weighted by Crippen LogP contribution is 2.47. The highest BCUT2D eigenvalue weighted by Gasteiger charge is 2.45. The first-order valence-electron chi connectivity index (χ1n) is 14.8. The third-order valence-electron chi connectivity index (χ3n) is 9.90. The van der Waals surface area contributed by atoms with Gasteiger partial charge in [-0.1, -0.05) is 27.2 Å². The standard InChI is InChI=1S/C31H46F2O4/c1-4-20(3)24-12-17-30(36-19-24)23-8-6-21(7-9-23)22-10-13-25(14-11-22)31(32,33)37-26-15-16-27(28(34)5-2)29(35)18-26/h15-16,18,20-25,30,35H,4-14,17,19H2,1-3H3.